The molecule has 0 spiro atoms. The molecule has 10 nitrogen and oxygen atoms in total. The number of nitrogens with zero attached hydrogens (tertiary/aromatic N) is 2. The minimum atomic E-state index is -1.65. The summed E-state index contributed by atoms with van der Waals surface area (Å²) in [6, 6.07) is 12.6. The van der Waals surface area contributed by atoms with Crippen LogP contribution in [0.15, 0.2) is 48.5 Å². The molecular weight excluding hydrogens is 555 g/mol. The van der Waals surface area contributed by atoms with Crippen LogP contribution in [0.4, 0.5) is 10.1 Å². The molecule has 2 fully saturated rings. The van der Waals surface area contributed by atoms with Gasteiger partial charge in [-0.05, 0) is 75.2 Å². The fraction of sp³-hybridized carbons (Fsp3) is 0.406. The van der Waals surface area contributed by atoms with E-state index in [4.69, 9.17) is 19.9 Å². The summed E-state index contributed by atoms with van der Waals surface area (Å²) in [5.74, 6) is -0.299. The summed E-state index contributed by atoms with van der Waals surface area (Å²) in [6.45, 7) is 5.58. The van der Waals surface area contributed by atoms with Crippen molar-refractivity contribution < 1.29 is 33.3 Å². The van der Waals surface area contributed by atoms with Crippen LogP contribution in [0.25, 0.3) is 11.3 Å². The number of pyridine rings is 1. The van der Waals surface area contributed by atoms with Gasteiger partial charge in [0.2, 0.25) is 5.91 Å². The van der Waals surface area contributed by atoms with E-state index in [1.54, 1.807) is 31.2 Å². The van der Waals surface area contributed by atoms with Crippen LogP contribution in [0.3, 0.4) is 0 Å². The first kappa shape index (κ1) is 28.9. The normalized spacial score (nSPS) is 21.0. The van der Waals surface area contributed by atoms with Crippen molar-refractivity contribution in [1.29, 1.82) is 0 Å². The minimum Gasteiger partial charge on any atom is -0.489 e. The third-order valence-corrected chi connectivity index (χ3v) is 8.27. The number of nitrogens with two attached hydrogens (primary N) is 1. The van der Waals surface area contributed by atoms with Crippen molar-refractivity contribution in [3.05, 3.63) is 71.2 Å². The molecular formula is C32H35FN4O6. The molecule has 1 aromatic heterocycles. The van der Waals surface area contributed by atoms with Gasteiger partial charge in [-0.3, -0.25) is 9.59 Å². The smallest absolute Gasteiger partial charge is 0.251 e. The van der Waals surface area contributed by atoms with Gasteiger partial charge < -0.3 is 35.3 Å². The van der Waals surface area contributed by atoms with Crippen molar-refractivity contribution in [1.82, 2.24) is 10.3 Å². The number of ether oxygens (including phenoxy) is 3. The molecule has 0 radical (unpaired) electrons. The Balaban J connectivity index is 1.28. The van der Waals surface area contributed by atoms with Gasteiger partial charge in [-0.25, -0.2) is 9.37 Å². The number of hydrogen-bond acceptors (Lipinski definition) is 8. The quantitative estimate of drug-likeness (QED) is 0.346. The van der Waals surface area contributed by atoms with E-state index in [0.717, 1.165) is 24.3 Å². The minimum absolute atomic E-state index is 0.00179. The molecule has 0 bridgehead atoms. The number of fused-ring (bicyclic) bond motifs is 1. The number of aliphatic hydroxyl groups is 1. The highest BCUT2D eigenvalue weighted by molar-refractivity contribution is 5.96. The highest BCUT2D eigenvalue weighted by Gasteiger charge is 2.45. The van der Waals surface area contributed by atoms with Crippen LogP contribution in [0.1, 0.15) is 48.3 Å². The number of hydrogen-bond donors (Lipinski definition) is 3. The summed E-state index contributed by atoms with van der Waals surface area (Å²) in [5.41, 5.74) is 5.75. The molecule has 0 unspecified atom stereocenters. The van der Waals surface area contributed by atoms with E-state index in [1.807, 2.05) is 12.1 Å². The molecule has 6 rings (SSSR count). The average molecular weight is 591 g/mol. The molecule has 1 aliphatic carbocycles. The van der Waals surface area contributed by atoms with Crippen LogP contribution in [0.5, 0.6) is 11.5 Å². The highest BCUT2D eigenvalue weighted by atomic mass is 19.1. The van der Waals surface area contributed by atoms with Crippen LogP contribution in [-0.2, 0) is 20.5 Å². The maximum atomic E-state index is 13.7. The molecule has 3 heterocycles. The van der Waals surface area contributed by atoms with Gasteiger partial charge in [0.15, 0.2) is 0 Å². The van der Waals surface area contributed by atoms with Gasteiger partial charge in [0.25, 0.3) is 5.91 Å². The van der Waals surface area contributed by atoms with E-state index in [-0.39, 0.29) is 30.9 Å². The Kier molecular flexibility index (Phi) is 7.47. The summed E-state index contributed by atoms with van der Waals surface area (Å²) in [5, 5.41) is 14.4. The molecule has 4 N–H and O–H groups in total. The van der Waals surface area contributed by atoms with E-state index in [9.17, 15) is 19.1 Å². The zero-order chi connectivity index (χ0) is 30.4. The standard InChI is InChI=1S/C32H35FN4O6/c1-31(30(34)39)18-42-28-23(31)16-26(36-27(28)19-3-6-21(33)7-4-19)32(2,40)17-35-29(38)20-5-10-25(43-22-8-9-22)24(15-20)37-11-13-41-14-12-37/h3-7,10,15-16,22,40H,8-9,11-14,17-18H2,1-2H3,(H2,34,39)(H,35,38)/t31-,32-/m0/s1. The van der Waals surface area contributed by atoms with Crippen molar-refractivity contribution in [3.8, 4) is 22.8 Å². The number of anilines is 1. The number of aromatic nitrogens is 1. The first-order valence-electron chi connectivity index (χ1n) is 14.4. The molecule has 11 heteroatoms. The molecule has 226 valence electrons. The SMILES string of the molecule is C[C@](O)(CNC(=O)c1ccc(OC2CC2)c(N2CCOCC2)c1)c1cc2c(c(-c3ccc(F)cc3)n1)OC[C@]2(C)C(N)=O. The molecule has 1 saturated heterocycles. The Morgan fingerprint density at radius 1 is 1.19 bits per heavy atom. The van der Waals surface area contributed by atoms with E-state index in [1.165, 1.54) is 19.1 Å². The monoisotopic (exact) mass is 590 g/mol. The second kappa shape index (κ2) is 11.1. The Labute approximate surface area is 248 Å². The second-order valence-corrected chi connectivity index (χ2v) is 11.8. The van der Waals surface area contributed by atoms with Crippen LogP contribution in [-0.4, -0.2) is 67.5 Å². The number of amides is 2. The number of rotatable bonds is 9. The van der Waals surface area contributed by atoms with Gasteiger partial charge >= 0.3 is 0 Å². The number of morpholine rings is 1. The second-order valence-electron chi connectivity index (χ2n) is 11.8. The van der Waals surface area contributed by atoms with Crippen molar-refractivity contribution in [3.63, 3.8) is 0 Å². The van der Waals surface area contributed by atoms with Gasteiger partial charge in [0.05, 0.1) is 37.2 Å². The topological polar surface area (TPSA) is 136 Å². The zero-order valence-corrected chi connectivity index (χ0v) is 24.2. The van der Waals surface area contributed by atoms with Gasteiger partial charge in [0.1, 0.15) is 40.6 Å². The maximum Gasteiger partial charge on any atom is 0.251 e. The first-order chi connectivity index (χ1) is 20.5. The lowest BCUT2D eigenvalue weighted by Gasteiger charge is -2.30. The van der Waals surface area contributed by atoms with E-state index in [2.05, 4.69) is 15.2 Å². The number of halogens is 1. The van der Waals surface area contributed by atoms with Crippen LogP contribution < -0.4 is 25.4 Å². The van der Waals surface area contributed by atoms with Crippen molar-refractivity contribution >= 4 is 17.5 Å². The summed E-state index contributed by atoms with van der Waals surface area (Å²) >= 11 is 0. The molecule has 2 atom stereocenters. The Hall–Kier alpha value is -4.22. The number of benzene rings is 2. The van der Waals surface area contributed by atoms with Gasteiger partial charge in [-0.2, -0.15) is 0 Å². The lowest BCUT2D eigenvalue weighted by atomic mass is 9.82. The third-order valence-electron chi connectivity index (χ3n) is 8.27. The molecule has 2 amide bonds. The molecule has 2 aromatic carbocycles. The summed E-state index contributed by atoms with van der Waals surface area (Å²) in [4.78, 5) is 32.7. The van der Waals surface area contributed by atoms with Gasteiger partial charge in [-0.15, -0.1) is 0 Å². The van der Waals surface area contributed by atoms with E-state index < -0.39 is 22.7 Å². The van der Waals surface area contributed by atoms with Crippen molar-refractivity contribution in [2.45, 2.75) is 43.8 Å². The average Bonchev–Trinajstić information content (AvgIpc) is 3.76. The maximum absolute atomic E-state index is 13.7. The van der Waals surface area contributed by atoms with E-state index in [0.29, 0.717) is 54.4 Å². The fourth-order valence-corrected chi connectivity index (χ4v) is 5.29. The molecule has 1 saturated carbocycles. The fourth-order valence-electron chi connectivity index (χ4n) is 5.29. The third kappa shape index (κ3) is 5.74. The van der Waals surface area contributed by atoms with Gasteiger partial charge in [0, 0.05) is 29.8 Å². The van der Waals surface area contributed by atoms with Gasteiger partial charge in [-0.1, -0.05) is 0 Å². The van der Waals surface area contributed by atoms with Crippen molar-refractivity contribution in [2.75, 3.05) is 44.4 Å². The zero-order valence-electron chi connectivity index (χ0n) is 24.2. The highest BCUT2D eigenvalue weighted by Crippen LogP contribution is 2.45. The molecule has 3 aliphatic rings. The Morgan fingerprint density at radius 3 is 2.58 bits per heavy atom. The number of carbonyl (C=O) groups is 2. The van der Waals surface area contributed by atoms with Crippen LogP contribution in [0.2, 0.25) is 0 Å². The lowest BCUT2D eigenvalue weighted by Crippen LogP contribution is -2.41. The molecule has 3 aromatic rings. The van der Waals surface area contributed by atoms with Crippen LogP contribution >= 0.6 is 0 Å². The molecule has 43 heavy (non-hydrogen) atoms. The predicted octanol–water partition coefficient (Wildman–Crippen LogP) is 3.04. The van der Waals surface area contributed by atoms with Crippen molar-refractivity contribution in [2.24, 2.45) is 5.73 Å². The first-order valence-corrected chi connectivity index (χ1v) is 14.4. The van der Waals surface area contributed by atoms with E-state index >= 15 is 0 Å². The largest absolute Gasteiger partial charge is 0.489 e. The summed E-state index contributed by atoms with van der Waals surface area (Å²) in [6.07, 6.45) is 2.24. The number of carbonyl (C=O) groups excluding carboxylic acids is 2. The predicted molar refractivity (Wildman–Crippen MR) is 157 cm³/mol. The lowest BCUT2D eigenvalue weighted by molar-refractivity contribution is -0.123. The van der Waals surface area contributed by atoms with Crippen LogP contribution in [0, 0.1) is 5.82 Å². The number of nitrogens with one attached hydrogen (secondary N) is 1. The summed E-state index contributed by atoms with van der Waals surface area (Å²) < 4.78 is 31.2. The number of primary amides is 1. The summed E-state index contributed by atoms with van der Waals surface area (Å²) in [7, 11) is 0. The Bertz CT molecular complexity index is 1550. The molecule has 2 aliphatic heterocycles. The Morgan fingerprint density at radius 2 is 1.91 bits per heavy atom.